The summed E-state index contributed by atoms with van der Waals surface area (Å²) < 4.78 is 31.7. The highest BCUT2D eigenvalue weighted by Gasteiger charge is 2.39. The van der Waals surface area contributed by atoms with E-state index >= 15 is 0 Å². The first kappa shape index (κ1) is 38.9. The first-order valence-corrected chi connectivity index (χ1v) is 16.3. The van der Waals surface area contributed by atoms with Gasteiger partial charge in [0.05, 0.1) is 6.04 Å². The Morgan fingerprint density at radius 3 is 2.12 bits per heavy atom. The maximum atomic E-state index is 13.7. The fraction of sp³-hybridized carbons (Fsp3) is 0.306. The molecule has 16 heteroatoms. The molecule has 276 valence electrons. The molecule has 1 fully saturated rings. The summed E-state index contributed by atoms with van der Waals surface area (Å²) in [5.74, 6) is -4.74. The van der Waals surface area contributed by atoms with Crippen molar-refractivity contribution in [3.63, 3.8) is 0 Å². The number of carboxylic acids is 1. The normalized spacial score (nSPS) is 15.8. The average molecular weight is 725 g/mol. The lowest BCUT2D eigenvalue weighted by Gasteiger charge is -2.29. The first-order valence-electron chi connectivity index (χ1n) is 16.3. The van der Waals surface area contributed by atoms with Crippen LogP contribution in [-0.2, 0) is 43.2 Å². The Bertz CT molecular complexity index is 1870. The minimum Gasteiger partial charge on any atom is -0.508 e. The van der Waals surface area contributed by atoms with Gasteiger partial charge in [-0.2, -0.15) is 13.2 Å². The van der Waals surface area contributed by atoms with E-state index in [2.05, 4.69) is 15.6 Å². The van der Waals surface area contributed by atoms with Crippen LogP contribution in [0.4, 0.5) is 13.2 Å². The summed E-state index contributed by atoms with van der Waals surface area (Å²) in [6, 6.07) is 19.5. The highest BCUT2D eigenvalue weighted by molar-refractivity contribution is 5.95. The number of aromatic hydroxyl groups is 1. The number of aliphatic carboxylic acids is 1. The van der Waals surface area contributed by atoms with Gasteiger partial charge in [0.1, 0.15) is 23.9 Å². The highest BCUT2D eigenvalue weighted by Crippen LogP contribution is 2.22. The third-order valence-electron chi connectivity index (χ3n) is 8.46. The minimum absolute atomic E-state index is 0.114. The SMILES string of the molecule is NC(=O)[C@H](Cc1ccccc1)NC(=O)[C@H](Cc1c[nH]c2ccccc12)NC(=O)[C@@H]1CCCN1C(=O)[C@@H](N)Cc1ccc(O)cc1.O=C(O)C(F)(F)F. The third-order valence-corrected chi connectivity index (χ3v) is 8.46. The maximum Gasteiger partial charge on any atom is 0.490 e. The molecule has 5 rings (SSSR count). The number of nitrogens with two attached hydrogens (primary N) is 2. The number of carbonyl (C=O) groups is 5. The molecule has 0 saturated carbocycles. The van der Waals surface area contributed by atoms with E-state index in [0.29, 0.717) is 19.4 Å². The molecule has 3 aromatic carbocycles. The second-order valence-corrected chi connectivity index (χ2v) is 12.2. The van der Waals surface area contributed by atoms with Gasteiger partial charge >= 0.3 is 12.1 Å². The Hall–Kier alpha value is -5.90. The Balaban J connectivity index is 0.000000785. The van der Waals surface area contributed by atoms with Crippen LogP contribution in [0.25, 0.3) is 10.9 Å². The van der Waals surface area contributed by atoms with Crippen molar-refractivity contribution in [2.75, 3.05) is 6.54 Å². The number of phenols is 1. The van der Waals surface area contributed by atoms with Gasteiger partial charge in [0.2, 0.25) is 23.6 Å². The fourth-order valence-electron chi connectivity index (χ4n) is 5.83. The number of rotatable bonds is 12. The van der Waals surface area contributed by atoms with Gasteiger partial charge in [-0.3, -0.25) is 19.2 Å². The molecular formula is C36H39F3N6O7. The lowest BCUT2D eigenvalue weighted by Crippen LogP contribution is -2.58. The molecule has 0 bridgehead atoms. The van der Waals surface area contributed by atoms with Crippen molar-refractivity contribution in [3.8, 4) is 5.75 Å². The molecule has 2 heterocycles. The second kappa shape index (κ2) is 17.4. The smallest absolute Gasteiger partial charge is 0.490 e. The van der Waals surface area contributed by atoms with Crippen LogP contribution in [0.3, 0.4) is 0 Å². The molecule has 1 saturated heterocycles. The molecule has 4 aromatic rings. The number of aromatic nitrogens is 1. The minimum atomic E-state index is -5.08. The Morgan fingerprint density at radius 2 is 1.48 bits per heavy atom. The van der Waals surface area contributed by atoms with Crippen molar-refractivity contribution < 1.29 is 47.4 Å². The molecule has 1 aliphatic rings. The number of carbonyl (C=O) groups excluding carboxylic acids is 4. The van der Waals surface area contributed by atoms with Gasteiger partial charge < -0.3 is 42.2 Å². The quantitative estimate of drug-likeness (QED) is 0.115. The molecule has 1 aromatic heterocycles. The Kier molecular flexibility index (Phi) is 13.0. The zero-order valence-electron chi connectivity index (χ0n) is 27.8. The van der Waals surface area contributed by atoms with Gasteiger partial charge in [-0.05, 0) is 54.2 Å². The summed E-state index contributed by atoms with van der Waals surface area (Å²) in [6.45, 7) is 0.361. The van der Waals surface area contributed by atoms with E-state index < -0.39 is 54.0 Å². The van der Waals surface area contributed by atoms with E-state index in [1.54, 1.807) is 18.3 Å². The number of likely N-dealkylation sites (tertiary alicyclic amines) is 1. The van der Waals surface area contributed by atoms with Gasteiger partial charge in [0.25, 0.3) is 0 Å². The van der Waals surface area contributed by atoms with E-state index in [0.717, 1.165) is 27.6 Å². The van der Waals surface area contributed by atoms with Crippen LogP contribution < -0.4 is 22.1 Å². The number of carboxylic acid groups (broad SMARTS) is 1. The van der Waals surface area contributed by atoms with Gasteiger partial charge in [0, 0.05) is 36.5 Å². The number of aromatic amines is 1. The number of halogens is 3. The molecule has 52 heavy (non-hydrogen) atoms. The summed E-state index contributed by atoms with van der Waals surface area (Å²) in [4.78, 5) is 66.8. The van der Waals surface area contributed by atoms with E-state index in [4.69, 9.17) is 21.4 Å². The predicted molar refractivity (Wildman–Crippen MR) is 183 cm³/mol. The molecule has 0 aliphatic carbocycles. The first-order chi connectivity index (χ1) is 24.6. The van der Waals surface area contributed by atoms with Gasteiger partial charge in [-0.15, -0.1) is 0 Å². The van der Waals surface area contributed by atoms with Crippen molar-refractivity contribution in [1.29, 1.82) is 0 Å². The summed E-state index contributed by atoms with van der Waals surface area (Å²) in [5.41, 5.74) is 15.2. The number of hydrogen-bond donors (Lipinski definition) is 7. The Labute approximate surface area is 296 Å². The summed E-state index contributed by atoms with van der Waals surface area (Å²) in [7, 11) is 0. The molecule has 1 aliphatic heterocycles. The van der Waals surface area contributed by atoms with Crippen molar-refractivity contribution in [2.24, 2.45) is 11.5 Å². The number of H-pyrrole nitrogens is 1. The van der Waals surface area contributed by atoms with Crippen LogP contribution in [0.5, 0.6) is 5.75 Å². The van der Waals surface area contributed by atoms with E-state index in [9.17, 15) is 37.5 Å². The van der Waals surface area contributed by atoms with Crippen LogP contribution in [-0.4, -0.2) is 86.6 Å². The lowest BCUT2D eigenvalue weighted by atomic mass is 10.0. The van der Waals surface area contributed by atoms with E-state index in [1.165, 1.54) is 17.0 Å². The molecule has 0 unspecified atom stereocenters. The number of amides is 4. The Morgan fingerprint density at radius 1 is 0.865 bits per heavy atom. The zero-order chi connectivity index (χ0) is 38.0. The standard InChI is InChI=1S/C34H38N6O5.C2HF3O2/c35-26(17-22-12-14-24(41)15-13-22)34(45)40-16-6-11-30(40)33(44)39-29(19-23-20-37-27-10-5-4-9-25(23)27)32(43)38-28(31(36)42)18-21-7-2-1-3-8-21;3-2(4,5)1(6)7/h1-5,7-10,12-15,20,26,28-30,37,41H,6,11,16-19,35H2,(H2,36,42)(H,38,43)(H,39,44);(H,6,7)/t26-,28-,29-,30-;/m0./s1. The number of primary amides is 1. The number of fused-ring (bicyclic) bond motifs is 1. The molecule has 4 atom stereocenters. The van der Waals surface area contributed by atoms with E-state index in [-0.39, 0.29) is 30.9 Å². The second-order valence-electron chi connectivity index (χ2n) is 12.2. The largest absolute Gasteiger partial charge is 0.508 e. The molecule has 0 radical (unpaired) electrons. The van der Waals surface area contributed by atoms with Crippen LogP contribution in [0.1, 0.15) is 29.5 Å². The van der Waals surface area contributed by atoms with Crippen LogP contribution in [0.2, 0.25) is 0 Å². The van der Waals surface area contributed by atoms with Gasteiger partial charge in [-0.25, -0.2) is 4.79 Å². The van der Waals surface area contributed by atoms with E-state index in [1.807, 2.05) is 54.6 Å². The molecule has 4 amide bonds. The summed E-state index contributed by atoms with van der Waals surface area (Å²) >= 11 is 0. The van der Waals surface area contributed by atoms with Gasteiger partial charge in [-0.1, -0.05) is 60.7 Å². The monoisotopic (exact) mass is 724 g/mol. The number of para-hydroxylation sites is 1. The number of benzene rings is 3. The lowest BCUT2D eigenvalue weighted by molar-refractivity contribution is -0.192. The topological polar surface area (TPSA) is 221 Å². The summed E-state index contributed by atoms with van der Waals surface area (Å²) in [6.07, 6.45) is -1.69. The number of alkyl halides is 3. The number of nitrogens with one attached hydrogen (secondary N) is 3. The maximum absolute atomic E-state index is 13.7. The zero-order valence-corrected chi connectivity index (χ0v) is 27.8. The molecule has 13 nitrogen and oxygen atoms in total. The van der Waals surface area contributed by atoms with Crippen molar-refractivity contribution in [3.05, 3.63) is 102 Å². The number of hydrogen-bond acceptors (Lipinski definition) is 7. The molecular weight excluding hydrogens is 685 g/mol. The number of nitrogens with zero attached hydrogens (tertiary/aromatic N) is 1. The van der Waals surface area contributed by atoms with Crippen LogP contribution in [0, 0.1) is 0 Å². The highest BCUT2D eigenvalue weighted by atomic mass is 19.4. The van der Waals surface area contributed by atoms with Crippen molar-refractivity contribution >= 4 is 40.5 Å². The molecule has 0 spiro atoms. The van der Waals surface area contributed by atoms with Crippen molar-refractivity contribution in [1.82, 2.24) is 20.5 Å². The number of phenolic OH excluding ortho intramolecular Hbond substituents is 1. The fourth-order valence-corrected chi connectivity index (χ4v) is 5.83. The van der Waals surface area contributed by atoms with Crippen LogP contribution in [0.15, 0.2) is 85.1 Å². The third kappa shape index (κ3) is 10.6. The van der Waals surface area contributed by atoms with Crippen LogP contribution >= 0.6 is 0 Å². The van der Waals surface area contributed by atoms with Gasteiger partial charge in [0.15, 0.2) is 0 Å². The summed E-state index contributed by atoms with van der Waals surface area (Å²) in [5, 5.41) is 23.2. The predicted octanol–water partition coefficient (Wildman–Crippen LogP) is 2.31. The molecule has 9 N–H and O–H groups in total. The average Bonchev–Trinajstić information content (AvgIpc) is 3.76. The van der Waals surface area contributed by atoms with Crippen molar-refractivity contribution in [2.45, 2.75) is 62.4 Å².